The molecule has 0 aliphatic rings. The van der Waals surface area contributed by atoms with Crippen molar-refractivity contribution in [1.82, 2.24) is 19.6 Å². The monoisotopic (exact) mass is 420 g/mol. The van der Waals surface area contributed by atoms with Crippen LogP contribution in [0.4, 0.5) is 13.2 Å². The van der Waals surface area contributed by atoms with Crippen LogP contribution in [0, 0.1) is 0 Å². The van der Waals surface area contributed by atoms with Gasteiger partial charge in [0.2, 0.25) is 0 Å². The van der Waals surface area contributed by atoms with Gasteiger partial charge in [0.05, 0.1) is 23.1 Å². The van der Waals surface area contributed by atoms with Crippen molar-refractivity contribution in [2.45, 2.75) is 12.8 Å². The molecule has 3 heterocycles. The predicted octanol–water partition coefficient (Wildman–Crippen LogP) is 5.43. The minimum absolute atomic E-state index is 0.272. The summed E-state index contributed by atoms with van der Waals surface area (Å²) in [6.07, 6.45) is -0.552. The van der Waals surface area contributed by atoms with Gasteiger partial charge in [-0.25, -0.2) is 9.50 Å². The van der Waals surface area contributed by atoms with Crippen molar-refractivity contribution in [3.8, 4) is 17.0 Å². The average molecular weight is 420 g/mol. The number of ether oxygens (including phenoxy) is 1. The van der Waals surface area contributed by atoms with Crippen LogP contribution >= 0.6 is 0 Å². The molecule has 0 bridgehead atoms. The molecule has 0 amide bonds. The van der Waals surface area contributed by atoms with Crippen molar-refractivity contribution in [2.75, 3.05) is 0 Å². The third kappa shape index (κ3) is 4.05. The Kier molecular flexibility index (Phi) is 4.54. The molecular weight excluding hydrogens is 405 g/mol. The van der Waals surface area contributed by atoms with Crippen molar-refractivity contribution in [3.63, 3.8) is 0 Å². The molecule has 0 unspecified atom stereocenters. The van der Waals surface area contributed by atoms with Crippen LogP contribution in [0.1, 0.15) is 11.3 Å². The molecular formula is C23H15F3N4O. The van der Waals surface area contributed by atoms with E-state index in [4.69, 9.17) is 0 Å². The summed E-state index contributed by atoms with van der Waals surface area (Å²) in [6, 6.07) is 19.3. The van der Waals surface area contributed by atoms with Crippen molar-refractivity contribution in [2.24, 2.45) is 0 Å². The highest BCUT2D eigenvalue weighted by molar-refractivity contribution is 5.79. The van der Waals surface area contributed by atoms with E-state index in [9.17, 15) is 13.2 Å². The highest BCUT2D eigenvalue weighted by Gasteiger charge is 2.31. The Morgan fingerprint density at radius 3 is 2.55 bits per heavy atom. The van der Waals surface area contributed by atoms with E-state index in [-0.39, 0.29) is 5.75 Å². The Morgan fingerprint density at radius 1 is 0.903 bits per heavy atom. The molecule has 2 aromatic carbocycles. The largest absolute Gasteiger partial charge is 0.573 e. The van der Waals surface area contributed by atoms with Crippen LogP contribution in [0.25, 0.3) is 27.8 Å². The van der Waals surface area contributed by atoms with Gasteiger partial charge in [0.15, 0.2) is 5.65 Å². The first-order valence-electron chi connectivity index (χ1n) is 9.48. The van der Waals surface area contributed by atoms with Crippen LogP contribution in [-0.2, 0) is 6.42 Å². The number of aromatic nitrogens is 4. The van der Waals surface area contributed by atoms with E-state index in [0.717, 1.165) is 22.2 Å². The number of imidazole rings is 1. The van der Waals surface area contributed by atoms with E-state index in [1.165, 1.54) is 12.1 Å². The first-order chi connectivity index (χ1) is 14.9. The van der Waals surface area contributed by atoms with Gasteiger partial charge in [0.1, 0.15) is 5.75 Å². The van der Waals surface area contributed by atoms with Gasteiger partial charge in [-0.1, -0.05) is 12.1 Å². The topological polar surface area (TPSA) is 52.3 Å². The minimum atomic E-state index is -4.72. The van der Waals surface area contributed by atoms with Crippen LogP contribution < -0.4 is 4.74 Å². The summed E-state index contributed by atoms with van der Waals surface area (Å²) in [6.45, 7) is 0. The van der Waals surface area contributed by atoms with E-state index in [1.54, 1.807) is 35.1 Å². The molecule has 8 heteroatoms. The summed E-state index contributed by atoms with van der Waals surface area (Å²) < 4.78 is 42.8. The van der Waals surface area contributed by atoms with E-state index >= 15 is 0 Å². The molecule has 154 valence electrons. The number of nitrogens with zero attached hydrogens (tertiary/aromatic N) is 4. The van der Waals surface area contributed by atoms with E-state index < -0.39 is 6.36 Å². The second-order valence-electron chi connectivity index (χ2n) is 7.02. The average Bonchev–Trinajstić information content (AvgIpc) is 3.15. The summed E-state index contributed by atoms with van der Waals surface area (Å²) in [5.41, 5.74) is 4.92. The van der Waals surface area contributed by atoms with Gasteiger partial charge >= 0.3 is 6.36 Å². The molecule has 31 heavy (non-hydrogen) atoms. The van der Waals surface area contributed by atoms with Crippen molar-refractivity contribution < 1.29 is 17.9 Å². The number of fused-ring (bicyclic) bond motifs is 2. The van der Waals surface area contributed by atoms with E-state index in [2.05, 4.69) is 25.9 Å². The number of hydrogen-bond acceptors (Lipinski definition) is 4. The fraction of sp³-hybridized carbons (Fsp3) is 0.0870. The van der Waals surface area contributed by atoms with Crippen LogP contribution in [0.2, 0.25) is 0 Å². The lowest BCUT2D eigenvalue weighted by molar-refractivity contribution is -0.274. The molecule has 3 aromatic heterocycles. The normalized spacial score (nSPS) is 11.8. The summed E-state index contributed by atoms with van der Waals surface area (Å²) in [4.78, 5) is 8.75. The van der Waals surface area contributed by atoms with Crippen LogP contribution in [0.5, 0.6) is 5.75 Å². The highest BCUT2D eigenvalue weighted by Crippen LogP contribution is 2.26. The second-order valence-corrected chi connectivity index (χ2v) is 7.02. The van der Waals surface area contributed by atoms with Gasteiger partial charge in [0, 0.05) is 23.6 Å². The van der Waals surface area contributed by atoms with Gasteiger partial charge in [-0.05, 0) is 60.2 Å². The number of hydrogen-bond donors (Lipinski definition) is 0. The van der Waals surface area contributed by atoms with Crippen LogP contribution in [0.3, 0.4) is 0 Å². The number of alkyl halides is 3. The highest BCUT2D eigenvalue weighted by atomic mass is 19.4. The summed E-state index contributed by atoms with van der Waals surface area (Å²) in [7, 11) is 0. The SMILES string of the molecule is FC(F)(F)Oc1ccc(-c2ccc3ncc(Cc4ccc5ncccc5c4)n3n2)cc1. The minimum Gasteiger partial charge on any atom is -0.406 e. The zero-order chi connectivity index (χ0) is 21.4. The van der Waals surface area contributed by atoms with Crippen LogP contribution in [0.15, 0.2) is 79.1 Å². The van der Waals surface area contributed by atoms with Gasteiger partial charge in [0.25, 0.3) is 0 Å². The lowest BCUT2D eigenvalue weighted by Crippen LogP contribution is -2.16. The standard InChI is InChI=1S/C23H15F3N4O/c24-23(25,26)31-19-6-4-16(5-7-19)21-9-10-22-28-14-18(30(22)29-21)13-15-3-8-20-17(12-15)2-1-11-27-20/h1-12,14H,13H2. The van der Waals surface area contributed by atoms with E-state index in [0.29, 0.717) is 23.3 Å². The lowest BCUT2D eigenvalue weighted by atomic mass is 10.1. The molecule has 0 saturated carbocycles. The molecule has 5 aromatic rings. The molecule has 0 atom stereocenters. The maximum Gasteiger partial charge on any atom is 0.573 e. The number of benzene rings is 2. The summed E-state index contributed by atoms with van der Waals surface area (Å²) >= 11 is 0. The van der Waals surface area contributed by atoms with Crippen molar-refractivity contribution in [3.05, 3.63) is 90.4 Å². The maximum absolute atomic E-state index is 12.4. The Bertz CT molecular complexity index is 1380. The van der Waals surface area contributed by atoms with Gasteiger partial charge < -0.3 is 4.74 Å². The quantitative estimate of drug-likeness (QED) is 0.389. The van der Waals surface area contributed by atoms with Crippen molar-refractivity contribution in [1.29, 1.82) is 0 Å². The molecule has 5 rings (SSSR count). The molecule has 0 saturated heterocycles. The second kappa shape index (κ2) is 7.39. The molecule has 5 nitrogen and oxygen atoms in total. The number of pyridine rings is 1. The van der Waals surface area contributed by atoms with Crippen LogP contribution in [-0.4, -0.2) is 25.9 Å². The molecule has 0 spiro atoms. The van der Waals surface area contributed by atoms with E-state index in [1.807, 2.05) is 30.3 Å². The van der Waals surface area contributed by atoms with Crippen molar-refractivity contribution >= 4 is 16.6 Å². The van der Waals surface area contributed by atoms with Gasteiger partial charge in [-0.2, -0.15) is 5.10 Å². The molecule has 0 radical (unpaired) electrons. The third-order valence-corrected chi connectivity index (χ3v) is 4.87. The molecule has 0 fully saturated rings. The first kappa shape index (κ1) is 19.0. The Morgan fingerprint density at radius 2 is 1.74 bits per heavy atom. The summed E-state index contributed by atoms with van der Waals surface area (Å²) in [5, 5.41) is 5.71. The Hall–Kier alpha value is -3.94. The first-order valence-corrected chi connectivity index (χ1v) is 9.48. The third-order valence-electron chi connectivity index (χ3n) is 4.87. The fourth-order valence-corrected chi connectivity index (χ4v) is 3.47. The number of rotatable bonds is 4. The molecule has 0 N–H and O–H groups in total. The summed E-state index contributed by atoms with van der Waals surface area (Å²) in [5.74, 6) is -0.272. The van der Waals surface area contributed by atoms with Gasteiger partial charge in [-0.3, -0.25) is 4.98 Å². The Balaban J connectivity index is 1.45. The molecule has 0 aliphatic heterocycles. The van der Waals surface area contributed by atoms with Gasteiger partial charge in [-0.15, -0.1) is 13.2 Å². The molecule has 0 aliphatic carbocycles. The smallest absolute Gasteiger partial charge is 0.406 e. The number of halogens is 3. The Labute approximate surface area is 174 Å². The zero-order valence-corrected chi connectivity index (χ0v) is 16.0. The fourth-order valence-electron chi connectivity index (χ4n) is 3.47. The lowest BCUT2D eigenvalue weighted by Gasteiger charge is -2.09. The predicted molar refractivity (Wildman–Crippen MR) is 110 cm³/mol. The maximum atomic E-state index is 12.4. The zero-order valence-electron chi connectivity index (χ0n) is 16.0.